The summed E-state index contributed by atoms with van der Waals surface area (Å²) in [5.74, 6) is -1.73. The standard InChI is InChI=1S/C14H14Cl2FNO3/c15-10-6-11(16)12(17)5-9(10)14(21)18-4-3-8(7-18)1-2-13(19)20/h5-6,8H,1-4,7H2,(H,19,20). The van der Waals surface area contributed by atoms with Crippen LogP contribution in [0.4, 0.5) is 4.39 Å². The third-order valence-corrected chi connectivity index (χ3v) is 4.18. The maximum Gasteiger partial charge on any atom is 0.303 e. The number of nitrogens with zero attached hydrogens (tertiary/aromatic N) is 1. The highest BCUT2D eigenvalue weighted by Crippen LogP contribution is 2.28. The van der Waals surface area contributed by atoms with Crippen LogP contribution in [0.1, 0.15) is 29.6 Å². The van der Waals surface area contributed by atoms with E-state index in [-0.39, 0.29) is 33.9 Å². The molecule has 2 rings (SSSR count). The number of carboxylic acids is 1. The van der Waals surface area contributed by atoms with Crippen LogP contribution < -0.4 is 0 Å². The van der Waals surface area contributed by atoms with Gasteiger partial charge in [-0.05, 0) is 30.9 Å². The van der Waals surface area contributed by atoms with Gasteiger partial charge in [-0.2, -0.15) is 0 Å². The Morgan fingerprint density at radius 1 is 1.33 bits per heavy atom. The molecular formula is C14H14Cl2FNO3. The monoisotopic (exact) mass is 333 g/mol. The highest BCUT2D eigenvalue weighted by Gasteiger charge is 2.28. The normalized spacial score (nSPS) is 18.0. The molecule has 1 fully saturated rings. The summed E-state index contributed by atoms with van der Waals surface area (Å²) in [5.41, 5.74) is 0.0810. The molecule has 1 saturated heterocycles. The molecule has 1 aromatic carbocycles. The predicted molar refractivity (Wildman–Crippen MR) is 77.3 cm³/mol. The lowest BCUT2D eigenvalue weighted by molar-refractivity contribution is -0.137. The summed E-state index contributed by atoms with van der Waals surface area (Å²) in [4.78, 5) is 24.5. The van der Waals surface area contributed by atoms with E-state index < -0.39 is 11.8 Å². The molecule has 0 saturated carbocycles. The first-order valence-corrected chi connectivity index (χ1v) is 7.29. The summed E-state index contributed by atoms with van der Waals surface area (Å²) in [7, 11) is 0. The fourth-order valence-corrected chi connectivity index (χ4v) is 2.90. The zero-order chi connectivity index (χ0) is 15.6. The van der Waals surface area contributed by atoms with E-state index in [1.807, 2.05) is 0 Å². The van der Waals surface area contributed by atoms with Crippen molar-refractivity contribution in [1.29, 1.82) is 0 Å². The van der Waals surface area contributed by atoms with Crippen LogP contribution in [-0.4, -0.2) is 35.0 Å². The van der Waals surface area contributed by atoms with Crippen LogP contribution in [0.25, 0.3) is 0 Å². The van der Waals surface area contributed by atoms with E-state index in [4.69, 9.17) is 28.3 Å². The molecule has 0 spiro atoms. The van der Waals surface area contributed by atoms with Crippen molar-refractivity contribution in [2.24, 2.45) is 5.92 Å². The number of carbonyl (C=O) groups excluding carboxylic acids is 1. The van der Waals surface area contributed by atoms with Crippen LogP contribution in [-0.2, 0) is 4.79 Å². The summed E-state index contributed by atoms with van der Waals surface area (Å²) >= 11 is 11.5. The van der Waals surface area contributed by atoms with Crippen molar-refractivity contribution < 1.29 is 19.1 Å². The minimum Gasteiger partial charge on any atom is -0.481 e. The first kappa shape index (κ1) is 16.0. The number of halogens is 3. The Balaban J connectivity index is 2.05. The van der Waals surface area contributed by atoms with Crippen LogP contribution in [0.2, 0.25) is 10.0 Å². The second-order valence-corrected chi connectivity index (χ2v) is 5.90. The molecule has 21 heavy (non-hydrogen) atoms. The average molecular weight is 334 g/mol. The highest BCUT2D eigenvalue weighted by atomic mass is 35.5. The Labute approximate surface area is 131 Å². The van der Waals surface area contributed by atoms with Gasteiger partial charge < -0.3 is 10.0 Å². The van der Waals surface area contributed by atoms with Crippen LogP contribution in [0.15, 0.2) is 12.1 Å². The van der Waals surface area contributed by atoms with Crippen LogP contribution in [0, 0.1) is 11.7 Å². The molecule has 1 unspecified atom stereocenters. The topological polar surface area (TPSA) is 57.6 Å². The molecule has 0 aliphatic carbocycles. The number of benzene rings is 1. The maximum absolute atomic E-state index is 13.5. The van der Waals surface area contributed by atoms with Gasteiger partial charge in [0.2, 0.25) is 0 Å². The van der Waals surface area contributed by atoms with Crippen molar-refractivity contribution in [1.82, 2.24) is 4.90 Å². The van der Waals surface area contributed by atoms with Crippen molar-refractivity contribution >= 4 is 35.1 Å². The summed E-state index contributed by atoms with van der Waals surface area (Å²) in [6.45, 7) is 0.983. The molecule has 1 aromatic rings. The second-order valence-electron chi connectivity index (χ2n) is 5.08. The van der Waals surface area contributed by atoms with Crippen LogP contribution >= 0.6 is 23.2 Å². The lowest BCUT2D eigenvalue weighted by atomic mass is 10.0. The van der Waals surface area contributed by atoms with Gasteiger partial charge in [-0.1, -0.05) is 23.2 Å². The number of carboxylic acid groups (broad SMARTS) is 1. The number of likely N-dealkylation sites (tertiary alicyclic amines) is 1. The molecule has 1 aliphatic rings. The summed E-state index contributed by atoms with van der Waals surface area (Å²) < 4.78 is 13.5. The van der Waals surface area contributed by atoms with Gasteiger partial charge in [0, 0.05) is 19.5 Å². The van der Waals surface area contributed by atoms with Gasteiger partial charge in [-0.25, -0.2) is 4.39 Å². The van der Waals surface area contributed by atoms with Crippen molar-refractivity contribution in [2.45, 2.75) is 19.3 Å². The molecule has 1 N–H and O–H groups in total. The Morgan fingerprint density at radius 2 is 2.05 bits per heavy atom. The Bertz CT molecular complexity index is 580. The average Bonchev–Trinajstić information content (AvgIpc) is 2.88. The summed E-state index contributed by atoms with van der Waals surface area (Å²) in [5, 5.41) is 8.65. The van der Waals surface area contributed by atoms with Crippen molar-refractivity contribution in [3.8, 4) is 0 Å². The van der Waals surface area contributed by atoms with Gasteiger partial charge in [-0.15, -0.1) is 0 Å². The Kier molecular flexibility index (Phi) is 5.06. The molecule has 114 valence electrons. The molecule has 1 heterocycles. The molecule has 7 heteroatoms. The Morgan fingerprint density at radius 3 is 2.71 bits per heavy atom. The predicted octanol–water partition coefficient (Wildman–Crippen LogP) is 3.46. The van der Waals surface area contributed by atoms with Gasteiger partial charge in [0.15, 0.2) is 0 Å². The van der Waals surface area contributed by atoms with Crippen LogP contribution in [0.5, 0.6) is 0 Å². The summed E-state index contributed by atoms with van der Waals surface area (Å²) in [6.07, 6.45) is 1.36. The quantitative estimate of drug-likeness (QED) is 0.858. The number of hydrogen-bond acceptors (Lipinski definition) is 2. The molecule has 1 amide bonds. The molecule has 0 radical (unpaired) electrons. The summed E-state index contributed by atoms with van der Waals surface area (Å²) in [6, 6.07) is 2.25. The van der Waals surface area contributed by atoms with E-state index in [1.54, 1.807) is 4.90 Å². The number of aliphatic carboxylic acids is 1. The first-order chi connectivity index (χ1) is 9.88. The molecule has 1 aliphatic heterocycles. The van der Waals surface area contributed by atoms with Gasteiger partial charge in [0.25, 0.3) is 5.91 Å². The molecular weight excluding hydrogens is 320 g/mol. The largest absolute Gasteiger partial charge is 0.481 e. The minimum absolute atomic E-state index is 0.0810. The lowest BCUT2D eigenvalue weighted by Gasteiger charge is -2.17. The zero-order valence-corrected chi connectivity index (χ0v) is 12.6. The molecule has 4 nitrogen and oxygen atoms in total. The lowest BCUT2D eigenvalue weighted by Crippen LogP contribution is -2.29. The fraction of sp³-hybridized carbons (Fsp3) is 0.429. The molecule has 0 bridgehead atoms. The van der Waals surface area contributed by atoms with Crippen molar-refractivity contribution in [3.05, 3.63) is 33.6 Å². The number of carbonyl (C=O) groups is 2. The Hall–Kier alpha value is -1.33. The van der Waals surface area contributed by atoms with E-state index >= 15 is 0 Å². The minimum atomic E-state index is -0.845. The number of amides is 1. The smallest absolute Gasteiger partial charge is 0.303 e. The van der Waals surface area contributed by atoms with Gasteiger partial charge in [0.05, 0.1) is 15.6 Å². The fourth-order valence-electron chi connectivity index (χ4n) is 2.44. The van der Waals surface area contributed by atoms with Gasteiger partial charge in [0.1, 0.15) is 5.82 Å². The van der Waals surface area contributed by atoms with E-state index in [0.717, 1.165) is 12.5 Å². The third-order valence-electron chi connectivity index (χ3n) is 3.58. The molecule has 0 aromatic heterocycles. The highest BCUT2D eigenvalue weighted by molar-refractivity contribution is 6.36. The maximum atomic E-state index is 13.5. The van der Waals surface area contributed by atoms with Gasteiger partial charge in [-0.3, -0.25) is 9.59 Å². The first-order valence-electron chi connectivity index (χ1n) is 6.54. The van der Waals surface area contributed by atoms with E-state index in [0.29, 0.717) is 19.5 Å². The second kappa shape index (κ2) is 6.62. The zero-order valence-electron chi connectivity index (χ0n) is 11.1. The number of rotatable bonds is 4. The van der Waals surface area contributed by atoms with Gasteiger partial charge >= 0.3 is 5.97 Å². The van der Waals surface area contributed by atoms with Crippen LogP contribution in [0.3, 0.4) is 0 Å². The molecule has 1 atom stereocenters. The van der Waals surface area contributed by atoms with E-state index in [1.165, 1.54) is 6.07 Å². The van der Waals surface area contributed by atoms with Crippen molar-refractivity contribution in [2.75, 3.05) is 13.1 Å². The SMILES string of the molecule is O=C(O)CCC1CCN(C(=O)c2cc(F)c(Cl)cc2Cl)C1. The van der Waals surface area contributed by atoms with E-state index in [2.05, 4.69) is 0 Å². The van der Waals surface area contributed by atoms with E-state index in [9.17, 15) is 14.0 Å². The third kappa shape index (κ3) is 3.86. The van der Waals surface area contributed by atoms with Crippen molar-refractivity contribution in [3.63, 3.8) is 0 Å². The number of hydrogen-bond donors (Lipinski definition) is 1.